The van der Waals surface area contributed by atoms with Gasteiger partial charge in [-0.05, 0) is 0 Å². The van der Waals surface area contributed by atoms with Gasteiger partial charge in [0, 0.05) is 39.9 Å². The van der Waals surface area contributed by atoms with E-state index in [2.05, 4.69) is 0 Å². The maximum Gasteiger partial charge on any atom is 0.0804 e. The van der Waals surface area contributed by atoms with Gasteiger partial charge < -0.3 is 4.79 Å². The first-order chi connectivity index (χ1) is 3.33. The first-order valence-corrected chi connectivity index (χ1v) is 2.09. The minimum atomic E-state index is 0. The molecule has 3 heteroatoms. The first kappa shape index (κ1) is 8.35. The summed E-state index contributed by atoms with van der Waals surface area (Å²) in [6, 6.07) is 1.93. The number of Topliss-reactive ketones (excluding diaryl/α,β-unsaturated/α-hetero) is 1. The molecule has 0 unspecified atom stereocenters. The van der Waals surface area contributed by atoms with E-state index in [1.807, 2.05) is 6.07 Å². The van der Waals surface area contributed by atoms with Crippen molar-refractivity contribution in [1.82, 2.24) is 0 Å². The van der Waals surface area contributed by atoms with E-state index in [1.54, 1.807) is 0 Å². The second-order valence-electron chi connectivity index (χ2n) is 1.61. The van der Waals surface area contributed by atoms with Crippen molar-refractivity contribution < 1.29 is 44.7 Å². The van der Waals surface area contributed by atoms with Crippen molar-refractivity contribution in [1.29, 1.82) is 5.26 Å². The normalized spacial score (nSPS) is 15.9. The number of hydrogen-bond acceptors (Lipinski definition) is 2. The van der Waals surface area contributed by atoms with E-state index in [0.29, 0.717) is 12.8 Å². The summed E-state index contributed by atoms with van der Waals surface area (Å²) >= 11 is 0. The van der Waals surface area contributed by atoms with Crippen LogP contribution in [0, 0.1) is 57.2 Å². The van der Waals surface area contributed by atoms with E-state index in [1.165, 1.54) is 0 Å². The Morgan fingerprint density at radius 3 is 2.25 bits per heavy atom. The summed E-state index contributed by atoms with van der Waals surface area (Å²) in [6.45, 7) is 0. The number of ketones is 1. The first-order valence-electron chi connectivity index (χ1n) is 2.09. The van der Waals surface area contributed by atoms with Gasteiger partial charge in [0.2, 0.25) is 0 Å². The number of nitriles is 1. The molecule has 1 aliphatic rings. The SMILES string of the molecule is N#C[C-]1CC(=O)C1.[Gd]. The molecule has 0 aromatic heterocycles. The fourth-order valence-corrected chi connectivity index (χ4v) is 0.503. The van der Waals surface area contributed by atoms with Crippen LogP contribution in [0.3, 0.4) is 0 Å². The molecule has 0 amide bonds. The smallest absolute Gasteiger partial charge is 0.0804 e. The Hall–Kier alpha value is 0.355. The summed E-state index contributed by atoms with van der Waals surface area (Å²) in [7, 11) is 0. The van der Waals surface area contributed by atoms with Crippen LogP contribution < -0.4 is 0 Å². The van der Waals surface area contributed by atoms with E-state index in [0.717, 1.165) is 5.92 Å². The van der Waals surface area contributed by atoms with Crippen molar-refractivity contribution in [3.8, 4) is 6.07 Å². The van der Waals surface area contributed by atoms with Crippen LogP contribution in [0.1, 0.15) is 12.8 Å². The van der Waals surface area contributed by atoms with E-state index in [-0.39, 0.29) is 45.7 Å². The van der Waals surface area contributed by atoms with E-state index < -0.39 is 0 Å². The van der Waals surface area contributed by atoms with Gasteiger partial charge in [0.25, 0.3) is 0 Å². The van der Waals surface area contributed by atoms with Crippen molar-refractivity contribution in [3.63, 3.8) is 0 Å². The van der Waals surface area contributed by atoms with Crippen molar-refractivity contribution in [2.24, 2.45) is 0 Å². The number of rotatable bonds is 0. The molecule has 44 valence electrons. The van der Waals surface area contributed by atoms with Gasteiger partial charge in [-0.1, -0.05) is 12.8 Å². The van der Waals surface area contributed by atoms with Gasteiger partial charge in [0.1, 0.15) is 0 Å². The van der Waals surface area contributed by atoms with Crippen LogP contribution in [0.4, 0.5) is 0 Å². The van der Waals surface area contributed by atoms with Gasteiger partial charge in [-0.25, -0.2) is 5.26 Å². The van der Waals surface area contributed by atoms with Crippen molar-refractivity contribution in [2.75, 3.05) is 0 Å². The van der Waals surface area contributed by atoms with Crippen molar-refractivity contribution in [3.05, 3.63) is 5.92 Å². The fraction of sp³-hybridized carbons (Fsp3) is 0.400. The molecule has 0 N–H and O–H groups in total. The molecular weight excluding hydrogens is 247 g/mol. The molecule has 1 rings (SSSR count). The third-order valence-electron chi connectivity index (χ3n) is 0.979. The maximum absolute atomic E-state index is 10.1. The summed E-state index contributed by atoms with van der Waals surface area (Å²) < 4.78 is 0. The van der Waals surface area contributed by atoms with Crippen LogP contribution in [0.25, 0.3) is 0 Å². The fourth-order valence-electron chi connectivity index (χ4n) is 0.503. The standard InChI is InChI=1S/C5H4NO.Gd/c6-3-4-1-5(7)2-4;/h1-2H2;/q-1;. The molecular formula is C5H4GdNO-. The molecule has 0 spiro atoms. The summed E-state index contributed by atoms with van der Waals surface area (Å²) in [5.41, 5.74) is 0. The van der Waals surface area contributed by atoms with Gasteiger partial charge in [0.15, 0.2) is 0 Å². The van der Waals surface area contributed by atoms with E-state index >= 15 is 0 Å². The average molecular weight is 251 g/mol. The summed E-state index contributed by atoms with van der Waals surface area (Å²) in [5.74, 6) is 0.918. The Morgan fingerprint density at radius 1 is 1.62 bits per heavy atom. The molecule has 0 atom stereocenters. The molecule has 0 aromatic rings. The molecule has 0 aromatic carbocycles. The van der Waals surface area contributed by atoms with Crippen LogP contribution in [-0.2, 0) is 4.79 Å². The minimum absolute atomic E-state index is 0. The van der Waals surface area contributed by atoms with Gasteiger partial charge in [-0.2, -0.15) is 0 Å². The zero-order valence-electron chi connectivity index (χ0n) is 4.12. The van der Waals surface area contributed by atoms with Gasteiger partial charge in [-0.3, -0.25) is 5.92 Å². The summed E-state index contributed by atoms with van der Waals surface area (Å²) in [4.78, 5) is 10.1. The second kappa shape index (κ2) is 3.39. The van der Waals surface area contributed by atoms with Crippen LogP contribution in [-0.4, -0.2) is 5.78 Å². The Balaban J connectivity index is 0.000000490. The molecule has 2 nitrogen and oxygen atoms in total. The Morgan fingerprint density at radius 2 is 2.12 bits per heavy atom. The topological polar surface area (TPSA) is 40.9 Å². The second-order valence-corrected chi connectivity index (χ2v) is 1.61. The van der Waals surface area contributed by atoms with Crippen LogP contribution in [0.2, 0.25) is 0 Å². The zero-order chi connectivity index (χ0) is 5.28. The zero-order valence-corrected chi connectivity index (χ0v) is 6.39. The van der Waals surface area contributed by atoms with Crippen LogP contribution in [0.15, 0.2) is 0 Å². The molecule has 1 aliphatic carbocycles. The van der Waals surface area contributed by atoms with Crippen LogP contribution in [0.5, 0.6) is 0 Å². The molecule has 8 heavy (non-hydrogen) atoms. The number of carbonyl (C=O) groups excluding carboxylic acids is 1. The maximum atomic E-state index is 10.1. The van der Waals surface area contributed by atoms with Gasteiger partial charge in [0.05, 0.1) is 5.78 Å². The van der Waals surface area contributed by atoms with Gasteiger partial charge >= 0.3 is 0 Å². The molecule has 0 saturated heterocycles. The summed E-state index contributed by atoms with van der Waals surface area (Å²) in [5, 5.41) is 8.06. The monoisotopic (exact) mass is 252 g/mol. The van der Waals surface area contributed by atoms with E-state index in [4.69, 9.17) is 5.26 Å². The molecule has 0 heterocycles. The molecule has 0 aliphatic heterocycles. The Kier molecular flexibility index (Phi) is 3.54. The molecule has 0 radical (unpaired) electrons. The third kappa shape index (κ3) is 1.70. The Labute approximate surface area is 79.9 Å². The van der Waals surface area contributed by atoms with Crippen molar-refractivity contribution >= 4 is 5.78 Å². The average Bonchev–Trinajstić information content (AvgIpc) is 1.58. The molecule has 1 fully saturated rings. The summed E-state index contributed by atoms with van der Waals surface area (Å²) in [6.07, 6.45) is 0.826. The molecule has 0 bridgehead atoms. The number of carbonyl (C=O) groups is 1. The van der Waals surface area contributed by atoms with E-state index in [9.17, 15) is 4.79 Å². The van der Waals surface area contributed by atoms with Gasteiger partial charge in [-0.15, -0.1) is 6.07 Å². The predicted molar refractivity (Wildman–Crippen MR) is 23.1 cm³/mol. The predicted octanol–water partition coefficient (Wildman–Crippen LogP) is 0.447. The minimum Gasteiger partial charge on any atom is -0.305 e. The Bertz CT molecular complexity index is 130. The largest absolute Gasteiger partial charge is 0.305 e. The van der Waals surface area contributed by atoms with Crippen LogP contribution >= 0.6 is 0 Å². The number of hydrogen-bond donors (Lipinski definition) is 0. The molecule has 1 saturated carbocycles. The number of nitrogens with zero attached hydrogens (tertiary/aromatic N) is 1. The van der Waals surface area contributed by atoms with Crippen molar-refractivity contribution in [2.45, 2.75) is 12.8 Å². The quantitative estimate of drug-likeness (QED) is 0.586. The third-order valence-corrected chi connectivity index (χ3v) is 0.979.